The Balaban J connectivity index is 1.40. The van der Waals surface area contributed by atoms with Gasteiger partial charge in [-0.25, -0.2) is 0 Å². The van der Waals surface area contributed by atoms with Crippen LogP contribution in [0.2, 0.25) is 5.02 Å². The Hall–Kier alpha value is -2.79. The average molecular weight is 396 g/mol. The third-order valence-corrected chi connectivity index (χ3v) is 5.58. The van der Waals surface area contributed by atoms with E-state index in [4.69, 9.17) is 11.6 Å². The fourth-order valence-corrected chi connectivity index (χ4v) is 3.98. The first-order chi connectivity index (χ1) is 13.5. The zero-order chi connectivity index (χ0) is 19.7. The van der Waals surface area contributed by atoms with Crippen LogP contribution in [0.1, 0.15) is 21.6 Å². The second kappa shape index (κ2) is 7.68. The molecule has 0 aliphatic carbocycles. The van der Waals surface area contributed by atoms with Crippen molar-refractivity contribution in [1.29, 1.82) is 0 Å². The summed E-state index contributed by atoms with van der Waals surface area (Å²) in [4.78, 5) is 32.5. The van der Waals surface area contributed by atoms with E-state index < -0.39 is 0 Å². The van der Waals surface area contributed by atoms with Crippen LogP contribution in [-0.4, -0.2) is 52.8 Å². The van der Waals surface area contributed by atoms with Crippen LogP contribution in [0.15, 0.2) is 48.5 Å². The van der Waals surface area contributed by atoms with Crippen LogP contribution < -0.4 is 0 Å². The number of para-hydroxylation sites is 1. The van der Waals surface area contributed by atoms with Crippen molar-refractivity contribution in [2.45, 2.75) is 13.3 Å². The summed E-state index contributed by atoms with van der Waals surface area (Å²) in [6, 6.07) is 15.0. The number of aromatic nitrogens is 1. The van der Waals surface area contributed by atoms with Gasteiger partial charge in [-0.15, -0.1) is 0 Å². The molecule has 0 unspecified atom stereocenters. The predicted molar refractivity (Wildman–Crippen MR) is 111 cm³/mol. The fraction of sp³-hybridized carbons (Fsp3) is 0.273. The lowest BCUT2D eigenvalue weighted by atomic mass is 10.1. The van der Waals surface area contributed by atoms with Gasteiger partial charge >= 0.3 is 0 Å². The van der Waals surface area contributed by atoms with Crippen LogP contribution in [0.5, 0.6) is 0 Å². The Morgan fingerprint density at radius 3 is 2.46 bits per heavy atom. The largest absolute Gasteiger partial charge is 0.358 e. The van der Waals surface area contributed by atoms with Crippen molar-refractivity contribution in [3.63, 3.8) is 0 Å². The zero-order valence-corrected chi connectivity index (χ0v) is 16.5. The molecule has 1 saturated heterocycles. The number of halogens is 1. The smallest absolute Gasteiger partial charge is 0.254 e. The number of hydrogen-bond donors (Lipinski definition) is 1. The Morgan fingerprint density at radius 2 is 1.71 bits per heavy atom. The van der Waals surface area contributed by atoms with Crippen LogP contribution in [0.4, 0.5) is 0 Å². The number of fused-ring (bicyclic) bond motifs is 1. The number of rotatable bonds is 3. The third kappa shape index (κ3) is 3.62. The zero-order valence-electron chi connectivity index (χ0n) is 15.7. The van der Waals surface area contributed by atoms with Crippen molar-refractivity contribution in [3.8, 4) is 0 Å². The first-order valence-electron chi connectivity index (χ1n) is 9.42. The van der Waals surface area contributed by atoms with E-state index in [2.05, 4.69) is 4.98 Å². The summed E-state index contributed by atoms with van der Waals surface area (Å²) in [7, 11) is 0. The summed E-state index contributed by atoms with van der Waals surface area (Å²) in [6.45, 7) is 4.16. The molecule has 144 valence electrons. The Labute approximate surface area is 168 Å². The van der Waals surface area contributed by atoms with Gasteiger partial charge in [-0.1, -0.05) is 35.9 Å². The topological polar surface area (TPSA) is 56.4 Å². The minimum absolute atomic E-state index is 0.0397. The molecule has 0 spiro atoms. The van der Waals surface area contributed by atoms with Gasteiger partial charge in [-0.2, -0.15) is 0 Å². The minimum Gasteiger partial charge on any atom is -0.358 e. The highest BCUT2D eigenvalue weighted by Gasteiger charge is 2.25. The Kier molecular flexibility index (Phi) is 5.09. The molecular formula is C22H22ClN3O2. The van der Waals surface area contributed by atoms with Crippen LogP contribution >= 0.6 is 11.6 Å². The monoisotopic (exact) mass is 395 g/mol. The van der Waals surface area contributed by atoms with Crippen LogP contribution in [0.25, 0.3) is 10.9 Å². The number of nitrogens with zero attached hydrogens (tertiary/aromatic N) is 2. The molecule has 0 radical (unpaired) electrons. The number of carbonyl (C=O) groups is 2. The lowest BCUT2D eigenvalue weighted by Crippen LogP contribution is -2.51. The second-order valence-electron chi connectivity index (χ2n) is 7.13. The molecule has 5 nitrogen and oxygen atoms in total. The maximum absolute atomic E-state index is 12.8. The van der Waals surface area contributed by atoms with Gasteiger partial charge in [-0.3, -0.25) is 9.59 Å². The van der Waals surface area contributed by atoms with Gasteiger partial charge in [0, 0.05) is 53.4 Å². The molecular weight excluding hydrogens is 374 g/mol. The first kappa shape index (κ1) is 18.6. The average Bonchev–Trinajstić information content (AvgIpc) is 3.03. The number of piperazine rings is 1. The molecule has 1 aliphatic heterocycles. The number of nitrogens with one attached hydrogen (secondary N) is 1. The summed E-state index contributed by atoms with van der Waals surface area (Å²) in [5.41, 5.74) is 3.73. The van der Waals surface area contributed by atoms with Crippen LogP contribution in [-0.2, 0) is 11.2 Å². The highest BCUT2D eigenvalue weighted by Crippen LogP contribution is 2.23. The number of benzene rings is 2. The third-order valence-electron chi connectivity index (χ3n) is 5.35. The summed E-state index contributed by atoms with van der Waals surface area (Å²) in [5, 5.41) is 1.65. The quantitative estimate of drug-likeness (QED) is 0.735. The summed E-state index contributed by atoms with van der Waals surface area (Å²) in [5.74, 6) is 0.0600. The molecule has 2 amide bonds. The maximum Gasteiger partial charge on any atom is 0.254 e. The second-order valence-corrected chi connectivity index (χ2v) is 7.57. The molecule has 28 heavy (non-hydrogen) atoms. The molecule has 4 rings (SSSR count). The van der Waals surface area contributed by atoms with Crippen molar-refractivity contribution >= 4 is 34.3 Å². The van der Waals surface area contributed by atoms with E-state index in [-0.39, 0.29) is 11.8 Å². The number of aromatic amines is 1. The number of hydrogen-bond acceptors (Lipinski definition) is 2. The van der Waals surface area contributed by atoms with Crippen molar-refractivity contribution in [1.82, 2.24) is 14.8 Å². The normalized spacial score (nSPS) is 14.5. The van der Waals surface area contributed by atoms with Crippen molar-refractivity contribution in [2.75, 3.05) is 26.2 Å². The van der Waals surface area contributed by atoms with Gasteiger partial charge in [0.2, 0.25) is 5.91 Å². The Morgan fingerprint density at radius 1 is 1.00 bits per heavy atom. The van der Waals surface area contributed by atoms with E-state index in [0.29, 0.717) is 43.2 Å². The van der Waals surface area contributed by atoms with Gasteiger partial charge in [0.05, 0.1) is 6.42 Å². The molecule has 0 atom stereocenters. The summed E-state index contributed by atoms with van der Waals surface area (Å²) in [6.07, 6.45) is 0.373. The van der Waals surface area contributed by atoms with E-state index >= 15 is 0 Å². The lowest BCUT2D eigenvalue weighted by Gasteiger charge is -2.35. The van der Waals surface area contributed by atoms with Crippen molar-refractivity contribution < 1.29 is 9.59 Å². The molecule has 1 aromatic heterocycles. The highest BCUT2D eigenvalue weighted by molar-refractivity contribution is 6.30. The molecule has 0 saturated carbocycles. The van der Waals surface area contributed by atoms with Gasteiger partial charge in [0.1, 0.15) is 0 Å². The molecule has 1 N–H and O–H groups in total. The van der Waals surface area contributed by atoms with Crippen molar-refractivity contribution in [2.24, 2.45) is 0 Å². The van der Waals surface area contributed by atoms with E-state index in [1.165, 1.54) is 0 Å². The maximum atomic E-state index is 12.8. The number of carbonyl (C=O) groups excluding carboxylic acids is 2. The lowest BCUT2D eigenvalue weighted by molar-refractivity contribution is -0.131. The van der Waals surface area contributed by atoms with Gasteiger partial charge in [0.15, 0.2) is 0 Å². The molecule has 3 aromatic rings. The van der Waals surface area contributed by atoms with Crippen molar-refractivity contribution in [3.05, 3.63) is 70.4 Å². The standard InChI is InChI=1S/C22H22ClN3O2/c1-15-19(18-7-2-3-8-20(18)24-15)14-21(27)25-9-11-26(12-10-25)22(28)16-5-4-6-17(23)13-16/h2-8,13,24H,9-12,14H2,1H3. The molecule has 1 fully saturated rings. The van der Waals surface area contributed by atoms with E-state index in [1.807, 2.05) is 36.1 Å². The molecule has 2 heterocycles. The predicted octanol–water partition coefficient (Wildman–Crippen LogP) is 3.66. The van der Waals surface area contributed by atoms with Crippen LogP contribution in [0, 0.1) is 6.92 Å². The van der Waals surface area contributed by atoms with Gasteiger partial charge in [0.25, 0.3) is 5.91 Å². The SMILES string of the molecule is Cc1[nH]c2ccccc2c1CC(=O)N1CCN(C(=O)c2cccc(Cl)c2)CC1. The van der Waals surface area contributed by atoms with Gasteiger partial charge in [-0.05, 0) is 36.8 Å². The first-order valence-corrected chi connectivity index (χ1v) is 9.79. The van der Waals surface area contributed by atoms with E-state index in [1.54, 1.807) is 29.2 Å². The molecule has 1 aliphatic rings. The molecule has 6 heteroatoms. The van der Waals surface area contributed by atoms with E-state index in [0.717, 1.165) is 22.2 Å². The molecule has 2 aromatic carbocycles. The number of aryl methyl sites for hydroxylation is 1. The number of H-pyrrole nitrogens is 1. The number of amides is 2. The fourth-order valence-electron chi connectivity index (χ4n) is 3.79. The summed E-state index contributed by atoms with van der Waals surface area (Å²) >= 11 is 5.99. The van der Waals surface area contributed by atoms with E-state index in [9.17, 15) is 9.59 Å². The minimum atomic E-state index is -0.0397. The highest BCUT2D eigenvalue weighted by atomic mass is 35.5. The Bertz CT molecular complexity index is 1040. The van der Waals surface area contributed by atoms with Crippen LogP contribution in [0.3, 0.4) is 0 Å². The van der Waals surface area contributed by atoms with Gasteiger partial charge < -0.3 is 14.8 Å². The summed E-state index contributed by atoms with van der Waals surface area (Å²) < 4.78 is 0. The molecule has 0 bridgehead atoms.